The molecule has 1 aromatic carbocycles. The van der Waals surface area contributed by atoms with Gasteiger partial charge < -0.3 is 9.64 Å². The number of anilines is 1. The summed E-state index contributed by atoms with van der Waals surface area (Å²) in [4.78, 5) is 55.0. The van der Waals surface area contributed by atoms with E-state index in [4.69, 9.17) is 4.74 Å². The number of rotatable bonds is 6. The number of carbonyl (C=O) groups is 4. The molecule has 1 atom stereocenters. The van der Waals surface area contributed by atoms with Gasteiger partial charge in [0.25, 0.3) is 11.8 Å². The predicted octanol–water partition coefficient (Wildman–Crippen LogP) is 4.03. The summed E-state index contributed by atoms with van der Waals surface area (Å²) in [5.41, 5.74) is 0.741. The molecule has 4 rings (SSSR count). The highest BCUT2D eigenvalue weighted by molar-refractivity contribution is 7.12. The van der Waals surface area contributed by atoms with E-state index in [1.807, 2.05) is 11.4 Å². The summed E-state index contributed by atoms with van der Waals surface area (Å²) < 4.78 is 4.98. The molecule has 1 saturated heterocycles. The number of ether oxygens (including phenoxy) is 1. The summed E-state index contributed by atoms with van der Waals surface area (Å²) in [5, 5.41) is 1.84. The molecule has 0 radical (unpaired) electrons. The van der Waals surface area contributed by atoms with Crippen molar-refractivity contribution in [3.8, 4) is 0 Å². The SMILES string of the molecule is CCOC(=O)c1ccc(N2C(=O)CC(N(C(=O)c3cccs3)C3CCCCC3)C2=O)cc1. The molecule has 2 aromatic rings. The summed E-state index contributed by atoms with van der Waals surface area (Å²) >= 11 is 1.34. The molecule has 1 aromatic heterocycles. The predicted molar refractivity (Wildman–Crippen MR) is 121 cm³/mol. The Morgan fingerprint density at radius 2 is 1.81 bits per heavy atom. The number of nitrogens with zero attached hydrogens (tertiary/aromatic N) is 2. The number of benzene rings is 1. The second-order valence-corrected chi connectivity index (χ2v) is 8.98. The Labute approximate surface area is 191 Å². The third-order valence-corrected chi connectivity index (χ3v) is 6.89. The second kappa shape index (κ2) is 9.65. The van der Waals surface area contributed by atoms with E-state index in [-0.39, 0.29) is 30.9 Å². The van der Waals surface area contributed by atoms with Gasteiger partial charge in [0.1, 0.15) is 6.04 Å². The van der Waals surface area contributed by atoms with Crippen LogP contribution in [0.3, 0.4) is 0 Å². The van der Waals surface area contributed by atoms with Gasteiger partial charge >= 0.3 is 5.97 Å². The molecule has 3 amide bonds. The Bertz CT molecular complexity index is 996. The van der Waals surface area contributed by atoms with Crippen LogP contribution in [-0.4, -0.2) is 47.3 Å². The first-order chi connectivity index (χ1) is 15.5. The maximum atomic E-state index is 13.4. The van der Waals surface area contributed by atoms with Gasteiger partial charge in [0.15, 0.2) is 0 Å². The summed E-state index contributed by atoms with van der Waals surface area (Å²) in [5.74, 6) is -1.38. The fourth-order valence-corrected chi connectivity index (χ4v) is 5.18. The molecule has 1 aliphatic carbocycles. The Hall–Kier alpha value is -3.00. The van der Waals surface area contributed by atoms with Crippen molar-refractivity contribution in [3.05, 3.63) is 52.2 Å². The number of hydrogen-bond acceptors (Lipinski definition) is 6. The highest BCUT2D eigenvalue weighted by Gasteiger charge is 2.46. The lowest BCUT2D eigenvalue weighted by Gasteiger charge is -2.37. The van der Waals surface area contributed by atoms with Crippen LogP contribution in [0.5, 0.6) is 0 Å². The maximum Gasteiger partial charge on any atom is 0.338 e. The highest BCUT2D eigenvalue weighted by atomic mass is 32.1. The zero-order valence-electron chi connectivity index (χ0n) is 18.0. The van der Waals surface area contributed by atoms with E-state index in [0.717, 1.165) is 37.0 Å². The molecule has 8 heteroatoms. The van der Waals surface area contributed by atoms with E-state index in [9.17, 15) is 19.2 Å². The summed E-state index contributed by atoms with van der Waals surface area (Å²) in [6.07, 6.45) is 4.77. The number of hydrogen-bond donors (Lipinski definition) is 0. The molecular weight excluding hydrogens is 428 g/mol. The Kier molecular flexibility index (Phi) is 6.69. The molecule has 0 bridgehead atoms. The minimum absolute atomic E-state index is 0.0356. The Morgan fingerprint density at radius 3 is 2.44 bits per heavy atom. The van der Waals surface area contributed by atoms with E-state index in [2.05, 4.69) is 0 Å². The lowest BCUT2D eigenvalue weighted by Crippen LogP contribution is -2.51. The van der Waals surface area contributed by atoms with Crippen molar-refractivity contribution in [3.63, 3.8) is 0 Å². The van der Waals surface area contributed by atoms with Crippen LogP contribution in [0.2, 0.25) is 0 Å². The molecule has 1 saturated carbocycles. The topological polar surface area (TPSA) is 84.0 Å². The first-order valence-electron chi connectivity index (χ1n) is 11.0. The fraction of sp³-hybridized carbons (Fsp3) is 0.417. The number of amides is 3. The molecule has 7 nitrogen and oxygen atoms in total. The smallest absolute Gasteiger partial charge is 0.338 e. The van der Waals surface area contributed by atoms with Gasteiger partial charge in [0.05, 0.1) is 29.2 Å². The van der Waals surface area contributed by atoms with E-state index in [1.165, 1.54) is 23.5 Å². The molecule has 2 aliphatic rings. The molecule has 1 aliphatic heterocycles. The van der Waals surface area contributed by atoms with Gasteiger partial charge in [-0.3, -0.25) is 14.4 Å². The molecule has 0 N–H and O–H groups in total. The minimum atomic E-state index is -0.815. The lowest BCUT2D eigenvalue weighted by atomic mass is 9.92. The van der Waals surface area contributed by atoms with Crippen LogP contribution in [0.1, 0.15) is 65.5 Å². The van der Waals surface area contributed by atoms with Crippen molar-refractivity contribution < 1.29 is 23.9 Å². The zero-order valence-corrected chi connectivity index (χ0v) is 18.8. The number of imide groups is 1. The normalized spacial score (nSPS) is 19.3. The van der Waals surface area contributed by atoms with Crippen LogP contribution in [0, 0.1) is 0 Å². The summed E-state index contributed by atoms with van der Waals surface area (Å²) in [6.45, 7) is 1.99. The molecule has 0 spiro atoms. The minimum Gasteiger partial charge on any atom is -0.462 e. The molecule has 1 unspecified atom stereocenters. The average Bonchev–Trinajstić information content (AvgIpc) is 3.44. The van der Waals surface area contributed by atoms with Gasteiger partial charge in [0.2, 0.25) is 5.91 Å². The van der Waals surface area contributed by atoms with E-state index in [0.29, 0.717) is 16.1 Å². The summed E-state index contributed by atoms with van der Waals surface area (Å²) in [7, 11) is 0. The monoisotopic (exact) mass is 454 g/mol. The van der Waals surface area contributed by atoms with Gasteiger partial charge in [-0.15, -0.1) is 11.3 Å². The molecule has 2 heterocycles. The molecule has 32 heavy (non-hydrogen) atoms. The lowest BCUT2D eigenvalue weighted by molar-refractivity contribution is -0.123. The van der Waals surface area contributed by atoms with Crippen molar-refractivity contribution in [1.29, 1.82) is 0 Å². The number of thiophene rings is 1. The zero-order chi connectivity index (χ0) is 22.7. The van der Waals surface area contributed by atoms with Crippen molar-refractivity contribution in [1.82, 2.24) is 4.90 Å². The van der Waals surface area contributed by atoms with Crippen molar-refractivity contribution in [2.24, 2.45) is 0 Å². The maximum absolute atomic E-state index is 13.4. The standard InChI is InChI=1S/C24H26N2O5S/c1-2-31-24(30)16-10-12-18(13-11-16)26-21(27)15-19(22(26)28)25(17-7-4-3-5-8-17)23(29)20-9-6-14-32-20/h6,9-14,17,19H,2-5,7-8,15H2,1H3. The van der Waals surface area contributed by atoms with Gasteiger partial charge in [-0.05, 0) is 55.5 Å². The average molecular weight is 455 g/mol. The van der Waals surface area contributed by atoms with E-state index < -0.39 is 17.9 Å². The van der Waals surface area contributed by atoms with Crippen LogP contribution < -0.4 is 4.90 Å². The van der Waals surface area contributed by atoms with Crippen molar-refractivity contribution in [2.45, 2.75) is 57.5 Å². The van der Waals surface area contributed by atoms with Crippen molar-refractivity contribution >= 4 is 40.7 Å². The van der Waals surface area contributed by atoms with Crippen molar-refractivity contribution in [2.75, 3.05) is 11.5 Å². The number of esters is 1. The number of carbonyl (C=O) groups excluding carboxylic acids is 4. The highest BCUT2D eigenvalue weighted by Crippen LogP contribution is 2.33. The molecule has 168 valence electrons. The van der Waals surface area contributed by atoms with Crippen LogP contribution in [0.15, 0.2) is 41.8 Å². The fourth-order valence-electron chi connectivity index (χ4n) is 4.51. The molecular formula is C24H26N2O5S. The van der Waals surface area contributed by atoms with E-state index >= 15 is 0 Å². The summed E-state index contributed by atoms with van der Waals surface area (Å²) in [6, 6.07) is 8.92. The van der Waals surface area contributed by atoms with Gasteiger partial charge in [0, 0.05) is 6.04 Å². The van der Waals surface area contributed by atoms with Gasteiger partial charge in [-0.2, -0.15) is 0 Å². The second-order valence-electron chi connectivity index (χ2n) is 8.04. The first kappa shape index (κ1) is 22.2. The van der Waals surface area contributed by atoms with Gasteiger partial charge in [-0.1, -0.05) is 25.3 Å². The molecule has 2 fully saturated rings. The largest absolute Gasteiger partial charge is 0.462 e. The third kappa shape index (κ3) is 4.32. The van der Waals surface area contributed by atoms with Gasteiger partial charge in [-0.25, -0.2) is 9.69 Å². The Balaban J connectivity index is 1.60. The van der Waals surface area contributed by atoms with Crippen LogP contribution in [0.25, 0.3) is 0 Å². The third-order valence-electron chi connectivity index (χ3n) is 6.03. The van der Waals surface area contributed by atoms with Crippen LogP contribution >= 0.6 is 11.3 Å². The van der Waals surface area contributed by atoms with Crippen LogP contribution in [-0.2, 0) is 14.3 Å². The quantitative estimate of drug-likeness (QED) is 0.486. The Morgan fingerprint density at radius 1 is 1.09 bits per heavy atom. The van der Waals surface area contributed by atoms with Crippen LogP contribution in [0.4, 0.5) is 5.69 Å². The van der Waals surface area contributed by atoms with E-state index in [1.54, 1.807) is 30.0 Å². The first-order valence-corrected chi connectivity index (χ1v) is 11.9.